The standard InChI is InChI=1S/C18H36O/c1-3-5-7-8-9-10-11-12-13-15-17-18(19)16-14-6-4-2/h3,18-19H,1,4-17H2,2H3. The normalized spacial score (nSPS) is 12.5. The molecule has 1 nitrogen and oxygen atoms in total. The lowest BCUT2D eigenvalue weighted by Crippen LogP contribution is -2.05. The van der Waals surface area contributed by atoms with Gasteiger partial charge in [-0.1, -0.05) is 77.2 Å². The number of aliphatic hydroxyl groups is 1. The quantitative estimate of drug-likeness (QED) is 0.284. The zero-order valence-corrected chi connectivity index (χ0v) is 13.2. The summed E-state index contributed by atoms with van der Waals surface area (Å²) in [6.07, 6.45) is 19.6. The van der Waals surface area contributed by atoms with Gasteiger partial charge in [0, 0.05) is 0 Å². The van der Waals surface area contributed by atoms with Crippen LogP contribution in [0.4, 0.5) is 0 Å². The van der Waals surface area contributed by atoms with Gasteiger partial charge in [0.25, 0.3) is 0 Å². The summed E-state index contributed by atoms with van der Waals surface area (Å²) >= 11 is 0. The van der Waals surface area contributed by atoms with Crippen LogP contribution in [0.1, 0.15) is 96.8 Å². The molecule has 1 unspecified atom stereocenters. The van der Waals surface area contributed by atoms with Crippen molar-refractivity contribution in [2.24, 2.45) is 0 Å². The summed E-state index contributed by atoms with van der Waals surface area (Å²) in [5.74, 6) is 0. The summed E-state index contributed by atoms with van der Waals surface area (Å²) in [4.78, 5) is 0. The van der Waals surface area contributed by atoms with Crippen LogP contribution in [0.2, 0.25) is 0 Å². The molecule has 0 amide bonds. The first kappa shape index (κ1) is 18.7. The molecule has 0 aliphatic carbocycles. The van der Waals surface area contributed by atoms with Gasteiger partial charge in [-0.2, -0.15) is 0 Å². The van der Waals surface area contributed by atoms with E-state index in [9.17, 15) is 5.11 Å². The Bertz CT molecular complexity index is 177. The first-order valence-electron chi connectivity index (χ1n) is 8.60. The van der Waals surface area contributed by atoms with Gasteiger partial charge < -0.3 is 5.11 Å². The Morgan fingerprint density at radius 1 is 0.789 bits per heavy atom. The summed E-state index contributed by atoms with van der Waals surface area (Å²) in [5, 5.41) is 9.79. The average Bonchev–Trinajstić information content (AvgIpc) is 2.41. The van der Waals surface area contributed by atoms with E-state index in [4.69, 9.17) is 0 Å². The SMILES string of the molecule is C=CCCCCCCCCCCC(O)CCCCC. The van der Waals surface area contributed by atoms with E-state index in [0.717, 1.165) is 12.8 Å². The second kappa shape index (κ2) is 15.8. The topological polar surface area (TPSA) is 20.2 Å². The largest absolute Gasteiger partial charge is 0.393 e. The van der Waals surface area contributed by atoms with Crippen molar-refractivity contribution in [1.82, 2.24) is 0 Å². The van der Waals surface area contributed by atoms with Crippen molar-refractivity contribution in [3.63, 3.8) is 0 Å². The van der Waals surface area contributed by atoms with E-state index in [1.807, 2.05) is 6.08 Å². The molecule has 0 bridgehead atoms. The summed E-state index contributed by atoms with van der Waals surface area (Å²) in [5.41, 5.74) is 0. The van der Waals surface area contributed by atoms with Crippen molar-refractivity contribution in [3.05, 3.63) is 12.7 Å². The van der Waals surface area contributed by atoms with Gasteiger partial charge in [0.1, 0.15) is 0 Å². The Balaban J connectivity index is 3.07. The van der Waals surface area contributed by atoms with Crippen LogP contribution < -0.4 is 0 Å². The molecule has 0 aliphatic heterocycles. The molecule has 0 aromatic rings. The highest BCUT2D eigenvalue weighted by molar-refractivity contribution is 4.65. The highest BCUT2D eigenvalue weighted by Crippen LogP contribution is 2.13. The lowest BCUT2D eigenvalue weighted by atomic mass is 10.0. The number of unbranched alkanes of at least 4 members (excludes halogenated alkanes) is 10. The minimum atomic E-state index is -0.0366. The van der Waals surface area contributed by atoms with Crippen molar-refractivity contribution >= 4 is 0 Å². The van der Waals surface area contributed by atoms with Crippen LogP contribution >= 0.6 is 0 Å². The van der Waals surface area contributed by atoms with Crippen LogP contribution in [-0.2, 0) is 0 Å². The molecule has 0 aromatic carbocycles. The molecule has 0 saturated carbocycles. The molecule has 0 heterocycles. The predicted molar refractivity (Wildman–Crippen MR) is 86.5 cm³/mol. The van der Waals surface area contributed by atoms with E-state index < -0.39 is 0 Å². The summed E-state index contributed by atoms with van der Waals surface area (Å²) in [6.45, 7) is 5.96. The van der Waals surface area contributed by atoms with Crippen LogP contribution in [-0.4, -0.2) is 11.2 Å². The molecule has 0 rings (SSSR count). The zero-order valence-electron chi connectivity index (χ0n) is 13.2. The number of hydrogen-bond donors (Lipinski definition) is 1. The van der Waals surface area contributed by atoms with Gasteiger partial charge in [0.2, 0.25) is 0 Å². The van der Waals surface area contributed by atoms with Gasteiger partial charge in [-0.05, 0) is 25.7 Å². The highest BCUT2D eigenvalue weighted by Gasteiger charge is 2.02. The van der Waals surface area contributed by atoms with E-state index in [0.29, 0.717) is 0 Å². The Morgan fingerprint density at radius 2 is 1.26 bits per heavy atom. The van der Waals surface area contributed by atoms with Gasteiger partial charge in [0.05, 0.1) is 6.10 Å². The Kier molecular flexibility index (Phi) is 15.5. The first-order valence-corrected chi connectivity index (χ1v) is 8.60. The van der Waals surface area contributed by atoms with Gasteiger partial charge >= 0.3 is 0 Å². The van der Waals surface area contributed by atoms with E-state index in [1.165, 1.54) is 77.0 Å². The van der Waals surface area contributed by atoms with Crippen molar-refractivity contribution in [2.45, 2.75) is 103 Å². The Morgan fingerprint density at radius 3 is 1.79 bits per heavy atom. The zero-order chi connectivity index (χ0) is 14.2. The molecule has 1 heteroatoms. The highest BCUT2D eigenvalue weighted by atomic mass is 16.3. The van der Waals surface area contributed by atoms with Gasteiger partial charge in [-0.25, -0.2) is 0 Å². The number of hydrogen-bond acceptors (Lipinski definition) is 1. The number of allylic oxidation sites excluding steroid dienone is 1. The third-order valence-corrected chi connectivity index (χ3v) is 3.84. The van der Waals surface area contributed by atoms with E-state index in [1.54, 1.807) is 0 Å². The fourth-order valence-electron chi connectivity index (χ4n) is 2.50. The summed E-state index contributed by atoms with van der Waals surface area (Å²) < 4.78 is 0. The predicted octanol–water partition coefficient (Wildman–Crippen LogP) is 6.01. The van der Waals surface area contributed by atoms with Gasteiger partial charge in [-0.3, -0.25) is 0 Å². The second-order valence-corrected chi connectivity index (χ2v) is 5.84. The fraction of sp³-hybridized carbons (Fsp3) is 0.889. The maximum atomic E-state index is 9.79. The molecule has 0 aliphatic rings. The fourth-order valence-corrected chi connectivity index (χ4v) is 2.50. The minimum Gasteiger partial charge on any atom is -0.393 e. The monoisotopic (exact) mass is 268 g/mol. The Hall–Kier alpha value is -0.300. The molecule has 0 radical (unpaired) electrons. The Labute approximate surface area is 121 Å². The van der Waals surface area contributed by atoms with Gasteiger partial charge in [-0.15, -0.1) is 6.58 Å². The van der Waals surface area contributed by atoms with Crippen molar-refractivity contribution in [1.29, 1.82) is 0 Å². The van der Waals surface area contributed by atoms with Crippen LogP contribution in [0.5, 0.6) is 0 Å². The van der Waals surface area contributed by atoms with E-state index in [-0.39, 0.29) is 6.10 Å². The van der Waals surface area contributed by atoms with Crippen molar-refractivity contribution in [2.75, 3.05) is 0 Å². The van der Waals surface area contributed by atoms with Crippen LogP contribution in [0, 0.1) is 0 Å². The van der Waals surface area contributed by atoms with Crippen molar-refractivity contribution in [3.8, 4) is 0 Å². The van der Waals surface area contributed by atoms with Crippen molar-refractivity contribution < 1.29 is 5.11 Å². The molecular weight excluding hydrogens is 232 g/mol. The molecule has 1 N–H and O–H groups in total. The average molecular weight is 268 g/mol. The lowest BCUT2D eigenvalue weighted by Gasteiger charge is -2.09. The lowest BCUT2D eigenvalue weighted by molar-refractivity contribution is 0.147. The summed E-state index contributed by atoms with van der Waals surface area (Å²) in [6, 6.07) is 0. The number of aliphatic hydroxyl groups excluding tert-OH is 1. The van der Waals surface area contributed by atoms with Crippen LogP contribution in [0.15, 0.2) is 12.7 Å². The summed E-state index contributed by atoms with van der Waals surface area (Å²) in [7, 11) is 0. The molecule has 0 fully saturated rings. The second-order valence-electron chi connectivity index (χ2n) is 5.84. The van der Waals surface area contributed by atoms with E-state index in [2.05, 4.69) is 13.5 Å². The van der Waals surface area contributed by atoms with Crippen LogP contribution in [0.25, 0.3) is 0 Å². The third kappa shape index (κ3) is 15.6. The molecule has 114 valence electrons. The maximum absolute atomic E-state index is 9.79. The molecule has 0 spiro atoms. The molecule has 1 atom stereocenters. The third-order valence-electron chi connectivity index (χ3n) is 3.84. The van der Waals surface area contributed by atoms with E-state index >= 15 is 0 Å². The molecule has 0 aromatic heterocycles. The smallest absolute Gasteiger partial charge is 0.0540 e. The van der Waals surface area contributed by atoms with Gasteiger partial charge in [0.15, 0.2) is 0 Å². The maximum Gasteiger partial charge on any atom is 0.0540 e. The molecular formula is C18H36O. The minimum absolute atomic E-state index is 0.0366. The van der Waals surface area contributed by atoms with Crippen LogP contribution in [0.3, 0.4) is 0 Å². The number of rotatable bonds is 15. The molecule has 19 heavy (non-hydrogen) atoms. The molecule has 0 saturated heterocycles. The first-order chi connectivity index (χ1) is 9.31.